The van der Waals surface area contributed by atoms with E-state index in [-0.39, 0.29) is 6.61 Å². The maximum atomic E-state index is 9.58. The van der Waals surface area contributed by atoms with E-state index in [1.54, 1.807) is 0 Å². The fourth-order valence-corrected chi connectivity index (χ4v) is 1.32. The van der Waals surface area contributed by atoms with Gasteiger partial charge in [-0.05, 0) is 6.42 Å². The zero-order chi connectivity index (χ0) is 14.2. The molecule has 0 rings (SSSR count). The molecule has 0 bridgehead atoms. The lowest BCUT2D eigenvalue weighted by molar-refractivity contribution is 0.00329. The molecule has 0 aromatic carbocycles. The fraction of sp³-hybridized carbons (Fsp3) is 1.00. The third kappa shape index (κ3) is 15.7. The molecular formula is C13H29NO5. The topological polar surface area (TPSA) is 80.2 Å². The van der Waals surface area contributed by atoms with Crippen molar-refractivity contribution in [2.24, 2.45) is 0 Å². The van der Waals surface area contributed by atoms with Gasteiger partial charge in [-0.1, -0.05) is 13.3 Å². The molecule has 0 aromatic rings. The highest BCUT2D eigenvalue weighted by atomic mass is 16.5. The number of aliphatic hydroxyl groups is 2. The molecule has 0 aromatic heterocycles. The molecule has 0 spiro atoms. The third-order valence-electron chi connectivity index (χ3n) is 2.36. The van der Waals surface area contributed by atoms with E-state index in [2.05, 4.69) is 12.2 Å². The van der Waals surface area contributed by atoms with Crippen molar-refractivity contribution >= 4 is 0 Å². The summed E-state index contributed by atoms with van der Waals surface area (Å²) < 4.78 is 15.7. The molecule has 0 aliphatic heterocycles. The summed E-state index contributed by atoms with van der Waals surface area (Å²) in [5.41, 5.74) is 0. The summed E-state index contributed by atoms with van der Waals surface area (Å²) in [5.74, 6) is 0. The van der Waals surface area contributed by atoms with Gasteiger partial charge in [0.15, 0.2) is 0 Å². The Balaban J connectivity index is 3.10. The minimum absolute atomic E-state index is 0.0385. The van der Waals surface area contributed by atoms with Gasteiger partial charge in [-0.25, -0.2) is 0 Å². The van der Waals surface area contributed by atoms with Gasteiger partial charge in [0, 0.05) is 19.7 Å². The van der Waals surface area contributed by atoms with Crippen LogP contribution in [-0.2, 0) is 14.2 Å². The predicted molar refractivity (Wildman–Crippen MR) is 73.3 cm³/mol. The average Bonchev–Trinajstić information content (AvgIpc) is 2.41. The van der Waals surface area contributed by atoms with Crippen LogP contribution in [0.2, 0.25) is 0 Å². The van der Waals surface area contributed by atoms with E-state index in [0.717, 1.165) is 19.4 Å². The SMILES string of the molecule is CCCCOCCOCC(O)CNCCOCCO. The van der Waals surface area contributed by atoms with Crippen molar-refractivity contribution in [2.45, 2.75) is 25.9 Å². The van der Waals surface area contributed by atoms with Crippen molar-refractivity contribution in [1.82, 2.24) is 5.32 Å². The molecule has 6 heteroatoms. The first-order valence-electron chi connectivity index (χ1n) is 7.04. The number of hydrogen-bond acceptors (Lipinski definition) is 6. The number of aliphatic hydroxyl groups excluding tert-OH is 2. The van der Waals surface area contributed by atoms with Crippen LogP contribution < -0.4 is 5.32 Å². The zero-order valence-electron chi connectivity index (χ0n) is 12.0. The van der Waals surface area contributed by atoms with E-state index in [0.29, 0.717) is 46.1 Å². The summed E-state index contributed by atoms with van der Waals surface area (Å²) in [5, 5.41) is 21.1. The Morgan fingerprint density at radius 1 is 1.00 bits per heavy atom. The Hall–Kier alpha value is -0.240. The number of hydrogen-bond donors (Lipinski definition) is 3. The van der Waals surface area contributed by atoms with E-state index >= 15 is 0 Å². The second-order valence-corrected chi connectivity index (χ2v) is 4.23. The molecule has 0 fully saturated rings. The molecule has 1 unspecified atom stereocenters. The first-order chi connectivity index (χ1) is 9.31. The van der Waals surface area contributed by atoms with E-state index in [1.807, 2.05) is 0 Å². The average molecular weight is 279 g/mol. The molecule has 0 amide bonds. The monoisotopic (exact) mass is 279 g/mol. The second kappa shape index (κ2) is 15.8. The Morgan fingerprint density at radius 2 is 1.74 bits per heavy atom. The largest absolute Gasteiger partial charge is 0.394 e. The smallest absolute Gasteiger partial charge is 0.0897 e. The highest BCUT2D eigenvalue weighted by Gasteiger charge is 2.03. The van der Waals surface area contributed by atoms with E-state index < -0.39 is 6.10 Å². The van der Waals surface area contributed by atoms with Gasteiger partial charge in [0.2, 0.25) is 0 Å². The van der Waals surface area contributed by atoms with Crippen LogP contribution in [0.15, 0.2) is 0 Å². The normalized spacial score (nSPS) is 12.8. The van der Waals surface area contributed by atoms with Gasteiger partial charge < -0.3 is 29.7 Å². The number of unbranched alkanes of at least 4 members (excludes halogenated alkanes) is 1. The molecule has 0 aliphatic carbocycles. The van der Waals surface area contributed by atoms with Crippen LogP contribution in [0.1, 0.15) is 19.8 Å². The Labute approximate surface area is 116 Å². The van der Waals surface area contributed by atoms with Crippen LogP contribution in [0, 0.1) is 0 Å². The van der Waals surface area contributed by atoms with Crippen molar-refractivity contribution in [3.8, 4) is 0 Å². The molecule has 19 heavy (non-hydrogen) atoms. The summed E-state index contributed by atoms with van der Waals surface area (Å²) in [7, 11) is 0. The van der Waals surface area contributed by atoms with E-state index in [1.165, 1.54) is 0 Å². The molecular weight excluding hydrogens is 250 g/mol. The summed E-state index contributed by atoms with van der Waals surface area (Å²) in [6.45, 7) is 6.34. The summed E-state index contributed by atoms with van der Waals surface area (Å²) in [6.07, 6.45) is 1.69. The molecule has 0 aliphatic rings. The van der Waals surface area contributed by atoms with Crippen molar-refractivity contribution < 1.29 is 24.4 Å². The maximum Gasteiger partial charge on any atom is 0.0897 e. The van der Waals surface area contributed by atoms with Crippen LogP contribution in [0.5, 0.6) is 0 Å². The lowest BCUT2D eigenvalue weighted by atomic mass is 10.4. The summed E-state index contributed by atoms with van der Waals surface area (Å²) >= 11 is 0. The van der Waals surface area contributed by atoms with Crippen molar-refractivity contribution in [1.29, 1.82) is 0 Å². The fourth-order valence-electron chi connectivity index (χ4n) is 1.32. The highest BCUT2D eigenvalue weighted by molar-refractivity contribution is 4.57. The van der Waals surface area contributed by atoms with Gasteiger partial charge in [-0.2, -0.15) is 0 Å². The van der Waals surface area contributed by atoms with E-state index in [9.17, 15) is 5.11 Å². The lowest BCUT2D eigenvalue weighted by Crippen LogP contribution is -2.32. The zero-order valence-corrected chi connectivity index (χ0v) is 12.0. The lowest BCUT2D eigenvalue weighted by Gasteiger charge is -2.12. The van der Waals surface area contributed by atoms with Crippen LogP contribution in [0.3, 0.4) is 0 Å². The van der Waals surface area contributed by atoms with E-state index in [4.69, 9.17) is 19.3 Å². The van der Waals surface area contributed by atoms with Gasteiger partial charge in [0.25, 0.3) is 0 Å². The van der Waals surface area contributed by atoms with Gasteiger partial charge in [-0.3, -0.25) is 0 Å². The summed E-state index contributed by atoms with van der Waals surface area (Å²) in [6, 6.07) is 0. The van der Waals surface area contributed by atoms with Gasteiger partial charge >= 0.3 is 0 Å². The van der Waals surface area contributed by atoms with Crippen molar-refractivity contribution in [2.75, 3.05) is 59.3 Å². The molecule has 0 heterocycles. The molecule has 0 radical (unpaired) electrons. The first-order valence-corrected chi connectivity index (χ1v) is 7.04. The molecule has 0 saturated heterocycles. The van der Waals surface area contributed by atoms with Crippen molar-refractivity contribution in [3.05, 3.63) is 0 Å². The first kappa shape index (κ1) is 18.8. The predicted octanol–water partition coefficient (Wildman–Crippen LogP) is -0.221. The Kier molecular flexibility index (Phi) is 15.6. The molecule has 6 nitrogen and oxygen atoms in total. The Bertz CT molecular complexity index is 171. The minimum Gasteiger partial charge on any atom is -0.394 e. The molecule has 0 saturated carbocycles. The maximum absolute atomic E-state index is 9.58. The molecule has 116 valence electrons. The quantitative estimate of drug-likeness (QED) is 0.360. The highest BCUT2D eigenvalue weighted by Crippen LogP contribution is 1.89. The minimum atomic E-state index is -0.520. The van der Waals surface area contributed by atoms with Crippen LogP contribution in [-0.4, -0.2) is 75.7 Å². The van der Waals surface area contributed by atoms with Crippen molar-refractivity contribution in [3.63, 3.8) is 0 Å². The summed E-state index contributed by atoms with van der Waals surface area (Å²) in [4.78, 5) is 0. The third-order valence-corrected chi connectivity index (χ3v) is 2.36. The molecule has 1 atom stereocenters. The standard InChI is InChI=1S/C13H29NO5/c1-2-3-6-17-9-10-19-12-13(16)11-14-4-7-18-8-5-15/h13-16H,2-12H2,1H3. The van der Waals surface area contributed by atoms with Crippen LogP contribution in [0.25, 0.3) is 0 Å². The Morgan fingerprint density at radius 3 is 2.47 bits per heavy atom. The van der Waals surface area contributed by atoms with Gasteiger partial charge in [0.05, 0.1) is 45.7 Å². The van der Waals surface area contributed by atoms with Gasteiger partial charge in [0.1, 0.15) is 0 Å². The number of ether oxygens (including phenoxy) is 3. The molecule has 3 N–H and O–H groups in total. The van der Waals surface area contributed by atoms with Crippen LogP contribution >= 0.6 is 0 Å². The van der Waals surface area contributed by atoms with Crippen LogP contribution in [0.4, 0.5) is 0 Å². The number of rotatable bonds is 15. The second-order valence-electron chi connectivity index (χ2n) is 4.23. The van der Waals surface area contributed by atoms with Gasteiger partial charge in [-0.15, -0.1) is 0 Å². The number of nitrogens with one attached hydrogen (secondary N) is 1.